The van der Waals surface area contributed by atoms with Crippen molar-refractivity contribution in [3.8, 4) is 0 Å². The van der Waals surface area contributed by atoms with E-state index in [1.54, 1.807) is 6.07 Å². The summed E-state index contributed by atoms with van der Waals surface area (Å²) in [6.07, 6.45) is 0. The molecule has 5 nitrogen and oxygen atoms in total. The van der Waals surface area contributed by atoms with Gasteiger partial charge < -0.3 is 10.2 Å². The van der Waals surface area contributed by atoms with Crippen LogP contribution < -0.4 is 10.2 Å². The quantitative estimate of drug-likeness (QED) is 0.907. The molecular weight excluding hydrogens is 264 g/mol. The molecule has 1 aromatic heterocycles. The summed E-state index contributed by atoms with van der Waals surface area (Å²) in [6, 6.07) is 7.65. The van der Waals surface area contributed by atoms with E-state index in [9.17, 15) is 4.79 Å². The van der Waals surface area contributed by atoms with Gasteiger partial charge in [-0.3, -0.25) is 9.89 Å². The molecule has 0 aliphatic carbocycles. The Hall–Kier alpha value is -2.30. The average molecular weight is 286 g/mol. The Morgan fingerprint density at radius 1 is 1.29 bits per heavy atom. The number of aromatic amines is 1. The molecule has 1 heterocycles. The van der Waals surface area contributed by atoms with Crippen molar-refractivity contribution in [2.75, 3.05) is 24.3 Å². The predicted octanol–water partition coefficient (Wildman–Crippen LogP) is 3.16. The monoisotopic (exact) mass is 286 g/mol. The summed E-state index contributed by atoms with van der Waals surface area (Å²) in [5.74, 6) is 0.121. The van der Waals surface area contributed by atoms with E-state index in [2.05, 4.69) is 29.4 Å². The third-order valence-corrected chi connectivity index (χ3v) is 3.39. The van der Waals surface area contributed by atoms with Crippen LogP contribution in [0.1, 0.15) is 41.5 Å². The molecule has 0 spiro atoms. The molecule has 0 unspecified atom stereocenters. The van der Waals surface area contributed by atoms with Crippen LogP contribution in [-0.2, 0) is 0 Å². The molecule has 0 aliphatic heterocycles. The lowest BCUT2D eigenvalue weighted by Crippen LogP contribution is -2.14. The zero-order valence-electron chi connectivity index (χ0n) is 13.2. The first-order valence-corrected chi connectivity index (χ1v) is 7.03. The van der Waals surface area contributed by atoms with Crippen molar-refractivity contribution in [3.05, 3.63) is 41.2 Å². The van der Waals surface area contributed by atoms with Gasteiger partial charge in [-0.2, -0.15) is 5.10 Å². The number of amides is 1. The minimum absolute atomic E-state index is 0.199. The molecule has 2 N–H and O–H groups in total. The summed E-state index contributed by atoms with van der Waals surface area (Å²) in [5.41, 5.74) is 4.39. The van der Waals surface area contributed by atoms with E-state index in [0.29, 0.717) is 11.6 Å². The van der Waals surface area contributed by atoms with E-state index in [-0.39, 0.29) is 5.91 Å². The van der Waals surface area contributed by atoms with Crippen molar-refractivity contribution in [2.24, 2.45) is 0 Å². The number of aromatic nitrogens is 2. The van der Waals surface area contributed by atoms with Gasteiger partial charge in [0.15, 0.2) is 5.69 Å². The zero-order valence-corrected chi connectivity index (χ0v) is 13.2. The van der Waals surface area contributed by atoms with Crippen LogP contribution in [0.3, 0.4) is 0 Å². The van der Waals surface area contributed by atoms with Crippen LogP contribution >= 0.6 is 0 Å². The van der Waals surface area contributed by atoms with Crippen molar-refractivity contribution in [1.29, 1.82) is 0 Å². The van der Waals surface area contributed by atoms with Gasteiger partial charge in [0.25, 0.3) is 5.91 Å². The minimum Gasteiger partial charge on any atom is -0.377 e. The Bertz CT molecular complexity index is 643. The highest BCUT2D eigenvalue weighted by Gasteiger charge is 2.13. The first-order chi connectivity index (χ1) is 9.88. The smallest absolute Gasteiger partial charge is 0.276 e. The number of aryl methyl sites for hydroxylation is 1. The molecule has 1 aromatic carbocycles. The number of carbonyl (C=O) groups excluding carboxylic acids is 1. The normalized spacial score (nSPS) is 10.8. The number of anilines is 2. The van der Waals surface area contributed by atoms with Crippen LogP contribution in [-0.4, -0.2) is 30.2 Å². The molecule has 1 amide bonds. The summed E-state index contributed by atoms with van der Waals surface area (Å²) in [5, 5.41) is 9.82. The van der Waals surface area contributed by atoms with Gasteiger partial charge in [0.05, 0.1) is 0 Å². The van der Waals surface area contributed by atoms with Gasteiger partial charge in [-0.25, -0.2) is 0 Å². The predicted molar refractivity (Wildman–Crippen MR) is 86.1 cm³/mol. The average Bonchev–Trinajstić information content (AvgIpc) is 2.88. The molecule has 0 radical (unpaired) electrons. The van der Waals surface area contributed by atoms with Gasteiger partial charge in [-0.05, 0) is 42.7 Å². The molecule has 21 heavy (non-hydrogen) atoms. The van der Waals surface area contributed by atoms with E-state index in [1.165, 1.54) is 0 Å². The molecule has 0 aliphatic rings. The van der Waals surface area contributed by atoms with Gasteiger partial charge in [-0.1, -0.05) is 13.8 Å². The summed E-state index contributed by atoms with van der Waals surface area (Å²) >= 11 is 0. The number of rotatable bonds is 4. The van der Waals surface area contributed by atoms with Crippen molar-refractivity contribution in [3.63, 3.8) is 0 Å². The van der Waals surface area contributed by atoms with Crippen LogP contribution in [0.25, 0.3) is 0 Å². The first kappa shape index (κ1) is 15.1. The zero-order chi connectivity index (χ0) is 15.6. The van der Waals surface area contributed by atoms with E-state index < -0.39 is 0 Å². The maximum absolute atomic E-state index is 12.2. The number of H-pyrrole nitrogens is 1. The molecule has 2 aromatic rings. The topological polar surface area (TPSA) is 61.0 Å². The maximum atomic E-state index is 12.2. The molecular formula is C16H22N4O. The first-order valence-electron chi connectivity index (χ1n) is 7.03. The Kier molecular flexibility index (Phi) is 4.31. The highest BCUT2D eigenvalue weighted by Crippen LogP contribution is 2.22. The SMILES string of the molecule is Cc1cc(NC(=O)c2cc(C(C)C)[nH]n2)ccc1N(C)C. The van der Waals surface area contributed by atoms with Crippen LogP contribution in [0.5, 0.6) is 0 Å². The number of nitrogens with one attached hydrogen (secondary N) is 2. The molecule has 0 fully saturated rings. The Labute approximate surface area is 125 Å². The molecule has 0 bridgehead atoms. The van der Waals surface area contributed by atoms with Gasteiger partial charge in [-0.15, -0.1) is 0 Å². The van der Waals surface area contributed by atoms with Gasteiger partial charge in [0.2, 0.25) is 0 Å². The summed E-state index contributed by atoms with van der Waals surface area (Å²) in [4.78, 5) is 14.2. The molecule has 0 saturated heterocycles. The molecule has 5 heteroatoms. The highest BCUT2D eigenvalue weighted by atomic mass is 16.1. The molecule has 0 atom stereocenters. The van der Waals surface area contributed by atoms with Gasteiger partial charge >= 0.3 is 0 Å². The fourth-order valence-corrected chi connectivity index (χ4v) is 2.18. The fourth-order valence-electron chi connectivity index (χ4n) is 2.18. The van der Waals surface area contributed by atoms with E-state index in [4.69, 9.17) is 0 Å². The van der Waals surface area contributed by atoms with E-state index in [1.807, 2.05) is 44.1 Å². The van der Waals surface area contributed by atoms with Crippen molar-refractivity contribution in [1.82, 2.24) is 10.2 Å². The lowest BCUT2D eigenvalue weighted by atomic mass is 10.1. The van der Waals surface area contributed by atoms with Gasteiger partial charge in [0, 0.05) is 31.2 Å². The minimum atomic E-state index is -0.199. The third-order valence-electron chi connectivity index (χ3n) is 3.39. The summed E-state index contributed by atoms with van der Waals surface area (Å²) in [6.45, 7) is 6.13. The second-order valence-electron chi connectivity index (χ2n) is 5.71. The van der Waals surface area contributed by atoms with E-state index >= 15 is 0 Å². The van der Waals surface area contributed by atoms with Gasteiger partial charge in [0.1, 0.15) is 0 Å². The lowest BCUT2D eigenvalue weighted by molar-refractivity contribution is 0.102. The summed E-state index contributed by atoms with van der Waals surface area (Å²) in [7, 11) is 4.00. The number of hydrogen-bond acceptors (Lipinski definition) is 3. The Morgan fingerprint density at radius 2 is 2.00 bits per heavy atom. The second kappa shape index (κ2) is 5.99. The number of hydrogen-bond donors (Lipinski definition) is 2. The van der Waals surface area contributed by atoms with Crippen LogP contribution in [0, 0.1) is 6.92 Å². The molecule has 0 saturated carbocycles. The van der Waals surface area contributed by atoms with E-state index in [0.717, 1.165) is 22.6 Å². The number of carbonyl (C=O) groups is 1. The van der Waals surface area contributed by atoms with Crippen LogP contribution in [0.4, 0.5) is 11.4 Å². The molecule has 112 valence electrons. The second-order valence-corrected chi connectivity index (χ2v) is 5.71. The highest BCUT2D eigenvalue weighted by molar-refractivity contribution is 6.03. The fraction of sp³-hybridized carbons (Fsp3) is 0.375. The lowest BCUT2D eigenvalue weighted by Gasteiger charge is -2.16. The standard InChI is InChI=1S/C16H22N4O/c1-10(2)13-9-14(19-18-13)16(21)17-12-6-7-15(20(4)5)11(3)8-12/h6-10H,1-5H3,(H,17,21)(H,18,19). The maximum Gasteiger partial charge on any atom is 0.276 e. The van der Waals surface area contributed by atoms with Crippen LogP contribution in [0.2, 0.25) is 0 Å². The van der Waals surface area contributed by atoms with Crippen molar-refractivity contribution in [2.45, 2.75) is 26.7 Å². The molecule has 2 rings (SSSR count). The van der Waals surface area contributed by atoms with Crippen molar-refractivity contribution >= 4 is 17.3 Å². The number of nitrogens with zero attached hydrogens (tertiary/aromatic N) is 2. The third kappa shape index (κ3) is 3.42. The Balaban J connectivity index is 2.13. The van der Waals surface area contributed by atoms with Crippen LogP contribution in [0.15, 0.2) is 24.3 Å². The summed E-state index contributed by atoms with van der Waals surface area (Å²) < 4.78 is 0. The number of benzene rings is 1. The largest absolute Gasteiger partial charge is 0.377 e. The van der Waals surface area contributed by atoms with Crippen molar-refractivity contribution < 1.29 is 4.79 Å². The Morgan fingerprint density at radius 3 is 2.52 bits per heavy atom.